The summed E-state index contributed by atoms with van der Waals surface area (Å²) in [6.45, 7) is 0. The molecule has 11 rings (SSSR count). The van der Waals surface area contributed by atoms with Crippen LogP contribution in [-0.2, 0) is 0 Å². The molecule has 4 heteroatoms. The molecule has 0 amide bonds. The van der Waals surface area contributed by atoms with Crippen LogP contribution in [0.2, 0.25) is 0 Å². The van der Waals surface area contributed by atoms with Gasteiger partial charge in [-0.3, -0.25) is 4.57 Å². The zero-order chi connectivity index (χ0) is 33.5. The average molecular weight is 651 g/mol. The Bertz CT molecular complexity index is 3130. The minimum atomic E-state index is 0.919. The first-order chi connectivity index (χ1) is 25.3. The fraction of sp³-hybridized carbons (Fsp3) is 0. The van der Waals surface area contributed by atoms with Crippen molar-refractivity contribution in [2.75, 3.05) is 0 Å². The Kier molecular flexibility index (Phi) is 5.92. The number of aromatic nitrogens is 4. The normalized spacial score (nSPS) is 11.9. The van der Waals surface area contributed by atoms with Crippen molar-refractivity contribution in [3.8, 4) is 33.8 Å². The highest BCUT2D eigenvalue weighted by Crippen LogP contribution is 2.42. The van der Waals surface area contributed by atoms with Crippen LogP contribution >= 0.6 is 0 Å². The molecule has 0 aliphatic heterocycles. The van der Waals surface area contributed by atoms with Gasteiger partial charge in [0.1, 0.15) is 5.82 Å². The molecular formula is C47H30N4. The van der Waals surface area contributed by atoms with Crippen LogP contribution in [0.3, 0.4) is 0 Å². The van der Waals surface area contributed by atoms with Gasteiger partial charge in [-0.15, -0.1) is 0 Å². The van der Waals surface area contributed by atoms with Gasteiger partial charge < -0.3 is 9.55 Å². The number of benzene rings is 7. The molecule has 238 valence electrons. The van der Waals surface area contributed by atoms with Gasteiger partial charge in [0.2, 0.25) is 0 Å². The molecule has 0 unspecified atom stereocenters. The number of nitrogens with one attached hydrogen (secondary N) is 1. The third-order valence-electron chi connectivity index (χ3n) is 10.5. The van der Waals surface area contributed by atoms with Gasteiger partial charge in [-0.2, -0.15) is 0 Å². The van der Waals surface area contributed by atoms with Crippen LogP contribution < -0.4 is 0 Å². The zero-order valence-corrected chi connectivity index (χ0v) is 27.6. The number of nitrogens with zero attached hydrogens (tertiary/aromatic N) is 3. The fourth-order valence-electron chi connectivity index (χ4n) is 8.23. The van der Waals surface area contributed by atoms with E-state index in [0.29, 0.717) is 0 Å². The molecule has 0 aliphatic carbocycles. The summed E-state index contributed by atoms with van der Waals surface area (Å²) >= 11 is 0. The van der Waals surface area contributed by atoms with Gasteiger partial charge in [0, 0.05) is 55.3 Å². The SMILES string of the molecule is c1ccc(-n2c3ccccc3c3cc(-c4cc(-c5ccc6c(c5)c5ccccc5n6-c5ccccn5)cc5c4[nH]c4ccccc45)ccc32)cc1. The quantitative estimate of drug-likeness (QED) is 0.202. The van der Waals surface area contributed by atoms with Crippen LogP contribution in [0, 0.1) is 0 Å². The summed E-state index contributed by atoms with van der Waals surface area (Å²) in [5.74, 6) is 0.919. The molecule has 0 saturated heterocycles. The molecular weight excluding hydrogens is 621 g/mol. The van der Waals surface area contributed by atoms with E-state index in [0.717, 1.165) is 33.6 Å². The van der Waals surface area contributed by atoms with Crippen LogP contribution in [0.5, 0.6) is 0 Å². The number of hydrogen-bond acceptors (Lipinski definition) is 1. The van der Waals surface area contributed by atoms with Crippen molar-refractivity contribution in [1.29, 1.82) is 0 Å². The second kappa shape index (κ2) is 10.8. The van der Waals surface area contributed by atoms with E-state index in [1.54, 1.807) is 0 Å². The van der Waals surface area contributed by atoms with Gasteiger partial charge in [0.15, 0.2) is 0 Å². The summed E-state index contributed by atoms with van der Waals surface area (Å²) in [6, 6.07) is 61.3. The van der Waals surface area contributed by atoms with Crippen LogP contribution in [0.25, 0.3) is 99.2 Å². The molecule has 11 aromatic rings. The van der Waals surface area contributed by atoms with Gasteiger partial charge in [-0.05, 0) is 95.6 Å². The molecule has 0 fully saturated rings. The number of rotatable bonds is 4. The molecule has 0 bridgehead atoms. The van der Waals surface area contributed by atoms with E-state index in [1.165, 1.54) is 65.6 Å². The fourth-order valence-corrected chi connectivity index (χ4v) is 8.23. The first kappa shape index (κ1) is 28.0. The van der Waals surface area contributed by atoms with Crippen molar-refractivity contribution in [3.63, 3.8) is 0 Å². The lowest BCUT2D eigenvalue weighted by molar-refractivity contribution is 1.08. The van der Waals surface area contributed by atoms with E-state index in [9.17, 15) is 0 Å². The van der Waals surface area contributed by atoms with Crippen molar-refractivity contribution < 1.29 is 0 Å². The molecule has 0 atom stereocenters. The maximum atomic E-state index is 4.72. The second-order valence-electron chi connectivity index (χ2n) is 13.3. The minimum absolute atomic E-state index is 0.919. The van der Waals surface area contributed by atoms with Gasteiger partial charge in [0.25, 0.3) is 0 Å². The molecule has 51 heavy (non-hydrogen) atoms. The number of H-pyrrole nitrogens is 1. The third kappa shape index (κ3) is 4.17. The molecule has 0 radical (unpaired) electrons. The maximum Gasteiger partial charge on any atom is 0.137 e. The predicted octanol–water partition coefficient (Wildman–Crippen LogP) is 12.2. The first-order valence-corrected chi connectivity index (χ1v) is 17.4. The largest absolute Gasteiger partial charge is 0.354 e. The van der Waals surface area contributed by atoms with Crippen LogP contribution in [-0.4, -0.2) is 19.1 Å². The topological polar surface area (TPSA) is 38.5 Å². The summed E-state index contributed by atoms with van der Waals surface area (Å²) in [6.07, 6.45) is 1.86. The van der Waals surface area contributed by atoms with E-state index in [2.05, 4.69) is 172 Å². The highest BCUT2D eigenvalue weighted by atomic mass is 15.1. The second-order valence-corrected chi connectivity index (χ2v) is 13.3. The Hall–Kier alpha value is -6.91. The number of pyridine rings is 1. The average Bonchev–Trinajstić information content (AvgIpc) is 3.85. The molecule has 0 spiro atoms. The minimum Gasteiger partial charge on any atom is -0.354 e. The lowest BCUT2D eigenvalue weighted by Gasteiger charge is -2.11. The standard InChI is InChI=1S/C47H30N4/c1-2-12-33(13-3-1)50-42-18-8-5-15-35(42)39-27-31(22-24-44(39)50)37-28-32(29-40-34-14-4-7-17-41(34)49-47(37)40)30-21-23-45-38(26-30)36-16-6-9-19-43(36)51(45)46-20-10-11-25-48-46/h1-29,49H. The van der Waals surface area contributed by atoms with Crippen molar-refractivity contribution in [3.05, 3.63) is 176 Å². The lowest BCUT2D eigenvalue weighted by atomic mass is 9.94. The smallest absolute Gasteiger partial charge is 0.137 e. The molecule has 0 saturated carbocycles. The highest BCUT2D eigenvalue weighted by Gasteiger charge is 2.18. The van der Waals surface area contributed by atoms with E-state index >= 15 is 0 Å². The van der Waals surface area contributed by atoms with Gasteiger partial charge in [0.05, 0.1) is 27.6 Å². The number of hydrogen-bond donors (Lipinski definition) is 1. The lowest BCUT2D eigenvalue weighted by Crippen LogP contribution is -1.96. The zero-order valence-electron chi connectivity index (χ0n) is 27.6. The van der Waals surface area contributed by atoms with Crippen molar-refractivity contribution in [2.45, 2.75) is 0 Å². The summed E-state index contributed by atoms with van der Waals surface area (Å²) in [5.41, 5.74) is 12.9. The first-order valence-electron chi connectivity index (χ1n) is 17.4. The monoisotopic (exact) mass is 650 g/mol. The van der Waals surface area contributed by atoms with Crippen molar-refractivity contribution >= 4 is 65.4 Å². The third-order valence-corrected chi connectivity index (χ3v) is 10.5. The summed E-state index contributed by atoms with van der Waals surface area (Å²) in [7, 11) is 0. The molecule has 0 aliphatic rings. The Morgan fingerprint density at radius 3 is 1.75 bits per heavy atom. The Balaban J connectivity index is 1.17. The summed E-state index contributed by atoms with van der Waals surface area (Å²) in [4.78, 5) is 8.52. The van der Waals surface area contributed by atoms with Crippen LogP contribution in [0.15, 0.2) is 176 Å². The number of para-hydroxylation sites is 4. The van der Waals surface area contributed by atoms with E-state index < -0.39 is 0 Å². The summed E-state index contributed by atoms with van der Waals surface area (Å²) < 4.78 is 4.64. The maximum absolute atomic E-state index is 4.72. The van der Waals surface area contributed by atoms with E-state index in [4.69, 9.17) is 4.98 Å². The van der Waals surface area contributed by atoms with Gasteiger partial charge >= 0.3 is 0 Å². The van der Waals surface area contributed by atoms with Gasteiger partial charge in [-0.1, -0.05) is 91.0 Å². The van der Waals surface area contributed by atoms with Crippen molar-refractivity contribution in [2.24, 2.45) is 0 Å². The Morgan fingerprint density at radius 1 is 0.392 bits per heavy atom. The molecule has 4 nitrogen and oxygen atoms in total. The molecule has 1 N–H and O–H groups in total. The molecule has 4 aromatic heterocycles. The Morgan fingerprint density at radius 2 is 0.980 bits per heavy atom. The van der Waals surface area contributed by atoms with Crippen molar-refractivity contribution in [1.82, 2.24) is 19.1 Å². The van der Waals surface area contributed by atoms with E-state index in [1.807, 2.05) is 18.3 Å². The van der Waals surface area contributed by atoms with Crippen LogP contribution in [0.4, 0.5) is 0 Å². The summed E-state index contributed by atoms with van der Waals surface area (Å²) in [5, 5.41) is 7.37. The number of aromatic amines is 1. The predicted molar refractivity (Wildman–Crippen MR) is 213 cm³/mol. The Labute approximate surface area is 293 Å². The van der Waals surface area contributed by atoms with Crippen LogP contribution in [0.1, 0.15) is 0 Å². The van der Waals surface area contributed by atoms with E-state index in [-0.39, 0.29) is 0 Å². The number of fused-ring (bicyclic) bond motifs is 9. The van der Waals surface area contributed by atoms with Gasteiger partial charge in [-0.25, -0.2) is 4.98 Å². The highest BCUT2D eigenvalue weighted by molar-refractivity contribution is 6.16. The molecule has 7 aromatic carbocycles. The molecule has 4 heterocycles.